The van der Waals surface area contributed by atoms with Gasteiger partial charge >= 0.3 is 0 Å². The van der Waals surface area contributed by atoms with Crippen LogP contribution in [0.4, 0.5) is 0 Å². The molecule has 124 valence electrons. The number of benzene rings is 1. The Morgan fingerprint density at radius 1 is 1.12 bits per heavy atom. The molecule has 4 rings (SSSR count). The summed E-state index contributed by atoms with van der Waals surface area (Å²) in [5.41, 5.74) is 3.50. The first-order chi connectivity index (χ1) is 11.7. The van der Waals surface area contributed by atoms with Gasteiger partial charge in [0.1, 0.15) is 5.37 Å². The van der Waals surface area contributed by atoms with Crippen LogP contribution in [0.25, 0.3) is 11.1 Å². The molecule has 1 atom stereocenters. The van der Waals surface area contributed by atoms with E-state index >= 15 is 0 Å². The second-order valence-corrected chi connectivity index (χ2v) is 8.36. The summed E-state index contributed by atoms with van der Waals surface area (Å²) >= 11 is 5.23. The molecular formula is C19H19BrN2OS. The minimum atomic E-state index is 0.0907. The average Bonchev–Trinajstić information content (AvgIpc) is 3.25. The fourth-order valence-electron chi connectivity index (χ4n) is 3.75. The van der Waals surface area contributed by atoms with E-state index < -0.39 is 0 Å². The highest BCUT2D eigenvalue weighted by molar-refractivity contribution is 9.10. The van der Waals surface area contributed by atoms with Crippen LogP contribution in [0.2, 0.25) is 0 Å². The Bertz CT molecular complexity index is 743. The van der Waals surface area contributed by atoms with Crippen molar-refractivity contribution in [1.29, 1.82) is 0 Å². The molecule has 24 heavy (non-hydrogen) atoms. The van der Waals surface area contributed by atoms with E-state index in [0.29, 0.717) is 11.8 Å². The minimum Gasteiger partial charge on any atom is -0.323 e. The van der Waals surface area contributed by atoms with Crippen LogP contribution < -0.4 is 0 Å². The first-order valence-corrected chi connectivity index (χ1v) is 10.2. The predicted octanol–water partition coefficient (Wildman–Crippen LogP) is 5.03. The van der Waals surface area contributed by atoms with Gasteiger partial charge in [0, 0.05) is 28.5 Å². The number of aromatic nitrogens is 1. The second-order valence-electron chi connectivity index (χ2n) is 6.37. The van der Waals surface area contributed by atoms with Gasteiger partial charge in [0.2, 0.25) is 5.91 Å². The van der Waals surface area contributed by atoms with Crippen LogP contribution in [-0.4, -0.2) is 27.6 Å². The summed E-state index contributed by atoms with van der Waals surface area (Å²) < 4.78 is 1.07. The van der Waals surface area contributed by atoms with Crippen molar-refractivity contribution in [2.45, 2.75) is 37.1 Å². The molecule has 3 nitrogen and oxygen atoms in total. The predicted molar refractivity (Wildman–Crippen MR) is 102 cm³/mol. The van der Waals surface area contributed by atoms with Crippen molar-refractivity contribution in [1.82, 2.24) is 9.88 Å². The number of amides is 1. The molecule has 2 aromatic rings. The van der Waals surface area contributed by atoms with E-state index in [2.05, 4.69) is 56.1 Å². The Balaban J connectivity index is 1.73. The molecule has 2 fully saturated rings. The molecule has 1 aromatic carbocycles. The molecule has 2 heterocycles. The van der Waals surface area contributed by atoms with Crippen molar-refractivity contribution in [2.24, 2.45) is 0 Å². The standard InChI is InChI=1S/C19H19BrN2OS/c20-14-7-5-13(6-8-14)16-9-10-21-11-17(16)19-22(18(23)12-24-19)15-3-1-2-4-15/h5-11,15,19H,1-4,12H2. The van der Waals surface area contributed by atoms with Crippen LogP contribution in [-0.2, 0) is 4.79 Å². The molecule has 2 aliphatic rings. The lowest BCUT2D eigenvalue weighted by molar-refractivity contribution is -0.130. The molecule has 0 N–H and O–H groups in total. The molecule has 0 radical (unpaired) electrons. The largest absolute Gasteiger partial charge is 0.323 e. The molecule has 1 aliphatic carbocycles. The third-order valence-corrected chi connectivity index (χ3v) is 6.64. The number of rotatable bonds is 3. The van der Waals surface area contributed by atoms with Gasteiger partial charge in [0.05, 0.1) is 5.75 Å². The molecule has 1 saturated carbocycles. The van der Waals surface area contributed by atoms with Crippen LogP contribution in [0.5, 0.6) is 0 Å². The van der Waals surface area contributed by atoms with Crippen LogP contribution >= 0.6 is 27.7 Å². The number of carbonyl (C=O) groups is 1. The quantitative estimate of drug-likeness (QED) is 0.721. The van der Waals surface area contributed by atoms with Gasteiger partial charge in [0.15, 0.2) is 0 Å². The lowest BCUT2D eigenvalue weighted by Crippen LogP contribution is -2.36. The number of halogens is 1. The third-order valence-electron chi connectivity index (χ3n) is 4.90. The van der Waals surface area contributed by atoms with Gasteiger partial charge < -0.3 is 4.90 Å². The normalized spacial score (nSPS) is 21.6. The Hall–Kier alpha value is -1.33. The molecular weight excluding hydrogens is 384 g/mol. The molecule has 1 aromatic heterocycles. The van der Waals surface area contributed by atoms with E-state index in [4.69, 9.17) is 0 Å². The molecule has 1 saturated heterocycles. The maximum Gasteiger partial charge on any atom is 0.234 e. The van der Waals surface area contributed by atoms with Crippen LogP contribution in [0.1, 0.15) is 36.6 Å². The van der Waals surface area contributed by atoms with Crippen molar-refractivity contribution in [2.75, 3.05) is 5.75 Å². The van der Waals surface area contributed by atoms with E-state index in [9.17, 15) is 4.79 Å². The summed E-state index contributed by atoms with van der Waals surface area (Å²) in [6, 6.07) is 10.8. The van der Waals surface area contributed by atoms with Crippen molar-refractivity contribution in [3.05, 3.63) is 52.8 Å². The summed E-state index contributed by atoms with van der Waals surface area (Å²) in [4.78, 5) is 19.0. The number of pyridine rings is 1. The SMILES string of the molecule is O=C1CSC(c2cnccc2-c2ccc(Br)cc2)N1C1CCCC1. The topological polar surface area (TPSA) is 33.2 Å². The summed E-state index contributed by atoms with van der Waals surface area (Å²) in [5, 5.41) is 0.0907. The zero-order valence-corrected chi connectivity index (χ0v) is 15.7. The molecule has 0 spiro atoms. The van der Waals surface area contributed by atoms with Crippen LogP contribution in [0.3, 0.4) is 0 Å². The van der Waals surface area contributed by atoms with Crippen LogP contribution in [0, 0.1) is 0 Å². The van der Waals surface area contributed by atoms with Gasteiger partial charge in [-0.25, -0.2) is 0 Å². The molecule has 1 amide bonds. The highest BCUT2D eigenvalue weighted by Crippen LogP contribution is 2.45. The Kier molecular flexibility index (Phi) is 4.63. The van der Waals surface area contributed by atoms with E-state index in [1.807, 2.05) is 12.4 Å². The van der Waals surface area contributed by atoms with Gasteiger partial charge in [-0.2, -0.15) is 0 Å². The monoisotopic (exact) mass is 402 g/mol. The van der Waals surface area contributed by atoms with E-state index in [1.54, 1.807) is 11.8 Å². The zero-order valence-electron chi connectivity index (χ0n) is 13.3. The summed E-state index contributed by atoms with van der Waals surface area (Å²) in [5.74, 6) is 0.859. The number of thioether (sulfide) groups is 1. The van der Waals surface area contributed by atoms with Gasteiger partial charge in [-0.1, -0.05) is 40.9 Å². The minimum absolute atomic E-state index is 0.0907. The highest BCUT2D eigenvalue weighted by Gasteiger charge is 2.39. The average molecular weight is 403 g/mol. The van der Waals surface area contributed by atoms with Gasteiger partial charge in [-0.05, 0) is 42.2 Å². The van der Waals surface area contributed by atoms with E-state index in [1.165, 1.54) is 24.0 Å². The van der Waals surface area contributed by atoms with Crippen molar-refractivity contribution in [3.8, 4) is 11.1 Å². The highest BCUT2D eigenvalue weighted by atomic mass is 79.9. The second kappa shape index (κ2) is 6.89. The lowest BCUT2D eigenvalue weighted by atomic mass is 10.0. The maximum atomic E-state index is 12.5. The number of hydrogen-bond donors (Lipinski definition) is 0. The fourth-order valence-corrected chi connectivity index (χ4v) is 5.28. The maximum absolute atomic E-state index is 12.5. The van der Waals surface area contributed by atoms with Crippen molar-refractivity contribution in [3.63, 3.8) is 0 Å². The van der Waals surface area contributed by atoms with E-state index in [-0.39, 0.29) is 11.3 Å². The first kappa shape index (κ1) is 16.2. The third kappa shape index (κ3) is 3.00. The molecule has 1 unspecified atom stereocenters. The van der Waals surface area contributed by atoms with Gasteiger partial charge in [-0.3, -0.25) is 9.78 Å². The van der Waals surface area contributed by atoms with Crippen molar-refractivity contribution < 1.29 is 4.79 Å². The lowest BCUT2D eigenvalue weighted by Gasteiger charge is -2.31. The summed E-state index contributed by atoms with van der Waals surface area (Å²) in [6.45, 7) is 0. The molecule has 1 aliphatic heterocycles. The Labute approximate surface area is 155 Å². The number of nitrogens with zero attached hydrogens (tertiary/aromatic N) is 2. The first-order valence-electron chi connectivity index (χ1n) is 8.36. The van der Waals surface area contributed by atoms with Gasteiger partial charge in [0.25, 0.3) is 0 Å². The molecule has 5 heteroatoms. The zero-order chi connectivity index (χ0) is 16.5. The van der Waals surface area contributed by atoms with Gasteiger partial charge in [-0.15, -0.1) is 11.8 Å². The smallest absolute Gasteiger partial charge is 0.234 e. The van der Waals surface area contributed by atoms with E-state index in [0.717, 1.165) is 22.9 Å². The Morgan fingerprint density at radius 3 is 2.62 bits per heavy atom. The van der Waals surface area contributed by atoms with Crippen LogP contribution in [0.15, 0.2) is 47.2 Å². The van der Waals surface area contributed by atoms with Crippen molar-refractivity contribution >= 4 is 33.6 Å². The number of hydrogen-bond acceptors (Lipinski definition) is 3. The fraction of sp³-hybridized carbons (Fsp3) is 0.368. The number of carbonyl (C=O) groups excluding carboxylic acids is 1. The Morgan fingerprint density at radius 2 is 1.88 bits per heavy atom. The molecule has 0 bridgehead atoms. The summed E-state index contributed by atoms with van der Waals surface area (Å²) in [7, 11) is 0. The summed E-state index contributed by atoms with van der Waals surface area (Å²) in [6.07, 6.45) is 8.52.